The van der Waals surface area contributed by atoms with Gasteiger partial charge in [0.2, 0.25) is 10.0 Å². The lowest BCUT2D eigenvalue weighted by Crippen LogP contribution is -2.59. The molecular formula is C20H23N5O2S. The number of rotatable bonds is 4. The molecule has 3 aromatic rings. The molecule has 3 aromatic heterocycles. The molecular weight excluding hydrogens is 374 g/mol. The molecule has 0 aromatic carbocycles. The zero-order valence-corrected chi connectivity index (χ0v) is 16.3. The number of aromatic nitrogens is 3. The van der Waals surface area contributed by atoms with Gasteiger partial charge in [0.25, 0.3) is 0 Å². The van der Waals surface area contributed by atoms with Gasteiger partial charge in [-0.1, -0.05) is 0 Å². The lowest BCUT2D eigenvalue weighted by molar-refractivity contribution is 0.314. The minimum Gasteiger partial charge on any atom is -0.367 e. The Kier molecular flexibility index (Phi) is 4.32. The number of fused-ring (bicyclic) bond motifs is 1. The van der Waals surface area contributed by atoms with E-state index in [0.29, 0.717) is 32.1 Å². The van der Waals surface area contributed by atoms with Crippen molar-refractivity contribution in [2.45, 2.75) is 24.0 Å². The molecule has 0 amide bonds. The van der Waals surface area contributed by atoms with E-state index in [2.05, 4.69) is 25.9 Å². The molecule has 0 atom stereocenters. The fourth-order valence-electron chi connectivity index (χ4n) is 4.33. The maximum atomic E-state index is 13.0. The molecule has 2 aliphatic rings. The summed E-state index contributed by atoms with van der Waals surface area (Å²) >= 11 is 0. The summed E-state index contributed by atoms with van der Waals surface area (Å²) in [6.07, 6.45) is 9.02. The molecule has 5 rings (SSSR count). The van der Waals surface area contributed by atoms with E-state index in [1.165, 1.54) is 5.56 Å². The minimum atomic E-state index is -3.25. The molecule has 146 valence electrons. The van der Waals surface area contributed by atoms with Gasteiger partial charge in [-0.3, -0.25) is 4.98 Å². The first-order valence-corrected chi connectivity index (χ1v) is 11.2. The van der Waals surface area contributed by atoms with Gasteiger partial charge in [0, 0.05) is 50.2 Å². The zero-order chi connectivity index (χ0) is 19.1. The fraction of sp³-hybridized carbons (Fsp3) is 0.400. The van der Waals surface area contributed by atoms with E-state index >= 15 is 0 Å². The van der Waals surface area contributed by atoms with Crippen LogP contribution in [0.5, 0.6) is 0 Å². The number of nitrogens with zero attached hydrogens (tertiary/aromatic N) is 4. The van der Waals surface area contributed by atoms with Gasteiger partial charge in [0.1, 0.15) is 10.9 Å². The summed E-state index contributed by atoms with van der Waals surface area (Å²) < 4.78 is 27.7. The number of piperidine rings is 1. The van der Waals surface area contributed by atoms with Crippen LogP contribution in [-0.2, 0) is 10.0 Å². The van der Waals surface area contributed by atoms with Crippen molar-refractivity contribution >= 4 is 26.7 Å². The number of aromatic amines is 1. The Bertz CT molecular complexity index is 1070. The summed E-state index contributed by atoms with van der Waals surface area (Å²) in [6.45, 7) is 2.26. The largest absolute Gasteiger partial charge is 0.367 e. The molecule has 0 aliphatic carbocycles. The fourth-order valence-corrected chi connectivity index (χ4v) is 6.20. The third-order valence-electron chi connectivity index (χ3n) is 6.02. The first-order valence-electron chi connectivity index (χ1n) is 9.69. The zero-order valence-electron chi connectivity index (χ0n) is 15.5. The highest BCUT2D eigenvalue weighted by atomic mass is 32.2. The summed E-state index contributed by atoms with van der Waals surface area (Å²) in [5, 5.41) is 0.830. The average molecular weight is 398 g/mol. The number of nitrogens with one attached hydrogen (secondary N) is 1. The van der Waals surface area contributed by atoms with E-state index in [9.17, 15) is 8.42 Å². The van der Waals surface area contributed by atoms with Gasteiger partial charge in [-0.05, 0) is 48.6 Å². The molecule has 8 heteroatoms. The van der Waals surface area contributed by atoms with Crippen LogP contribution in [0.4, 0.5) is 5.69 Å². The minimum absolute atomic E-state index is 0.318. The quantitative estimate of drug-likeness (QED) is 0.731. The van der Waals surface area contributed by atoms with Crippen molar-refractivity contribution in [3.8, 4) is 0 Å². The van der Waals surface area contributed by atoms with Gasteiger partial charge >= 0.3 is 0 Å². The Labute approximate surface area is 164 Å². The SMILES string of the molecule is O=S(=O)(C1CN(c2cccnc2)C1)N1CCC(c2c[nH]c3ncccc23)CC1. The van der Waals surface area contributed by atoms with Crippen molar-refractivity contribution in [3.05, 3.63) is 54.6 Å². The van der Waals surface area contributed by atoms with Crippen LogP contribution in [0, 0.1) is 0 Å². The van der Waals surface area contributed by atoms with Gasteiger partial charge in [0.15, 0.2) is 0 Å². The van der Waals surface area contributed by atoms with Crippen LogP contribution in [0.3, 0.4) is 0 Å². The van der Waals surface area contributed by atoms with Gasteiger partial charge in [-0.2, -0.15) is 0 Å². The van der Waals surface area contributed by atoms with Crippen molar-refractivity contribution in [1.29, 1.82) is 0 Å². The lowest BCUT2D eigenvalue weighted by atomic mass is 9.90. The van der Waals surface area contributed by atoms with E-state index < -0.39 is 10.0 Å². The second kappa shape index (κ2) is 6.86. The van der Waals surface area contributed by atoms with Crippen LogP contribution in [-0.4, -0.2) is 59.1 Å². The van der Waals surface area contributed by atoms with Crippen molar-refractivity contribution in [2.24, 2.45) is 0 Å². The Morgan fingerprint density at radius 1 is 1.07 bits per heavy atom. The van der Waals surface area contributed by atoms with Crippen LogP contribution in [0.1, 0.15) is 24.3 Å². The molecule has 0 radical (unpaired) electrons. The molecule has 1 N–H and O–H groups in total. The number of pyridine rings is 2. The first-order chi connectivity index (χ1) is 13.6. The van der Waals surface area contributed by atoms with Crippen molar-refractivity contribution in [2.75, 3.05) is 31.1 Å². The Morgan fingerprint density at radius 2 is 1.86 bits per heavy atom. The Balaban J connectivity index is 1.23. The first kappa shape index (κ1) is 17.6. The molecule has 2 saturated heterocycles. The summed E-state index contributed by atoms with van der Waals surface area (Å²) in [5.41, 5.74) is 3.14. The second-order valence-electron chi connectivity index (χ2n) is 7.60. The molecule has 28 heavy (non-hydrogen) atoms. The molecule has 0 unspecified atom stereocenters. The predicted octanol–water partition coefficient (Wildman–Crippen LogP) is 2.36. The van der Waals surface area contributed by atoms with Crippen molar-refractivity contribution < 1.29 is 8.42 Å². The molecule has 0 spiro atoms. The normalized spacial score (nSPS) is 19.8. The topological polar surface area (TPSA) is 82.2 Å². The maximum absolute atomic E-state index is 13.0. The summed E-state index contributed by atoms with van der Waals surface area (Å²) in [6, 6.07) is 7.88. The van der Waals surface area contributed by atoms with E-state index in [1.54, 1.807) is 22.9 Å². The van der Waals surface area contributed by atoms with Crippen LogP contribution < -0.4 is 4.90 Å². The highest BCUT2D eigenvalue weighted by molar-refractivity contribution is 7.89. The summed E-state index contributed by atoms with van der Waals surface area (Å²) in [5.74, 6) is 0.373. The summed E-state index contributed by atoms with van der Waals surface area (Å²) in [4.78, 5) is 13.8. The highest BCUT2D eigenvalue weighted by Crippen LogP contribution is 2.35. The standard InChI is InChI=1S/C20H23N5O2S/c26-28(27,17-13-24(14-17)16-3-1-7-21-11-16)25-9-5-15(6-10-25)19-12-23-20-18(19)4-2-8-22-20/h1-4,7-8,11-12,15,17H,5-6,9-10,13-14H2,(H,22,23). The van der Waals surface area contributed by atoms with Gasteiger partial charge in [-0.25, -0.2) is 17.7 Å². The Hall–Kier alpha value is -2.45. The highest BCUT2D eigenvalue weighted by Gasteiger charge is 2.42. The van der Waals surface area contributed by atoms with E-state index in [0.717, 1.165) is 29.6 Å². The molecule has 0 bridgehead atoms. The van der Waals surface area contributed by atoms with E-state index in [1.807, 2.05) is 24.4 Å². The monoisotopic (exact) mass is 397 g/mol. The van der Waals surface area contributed by atoms with Gasteiger partial charge in [0.05, 0.1) is 11.9 Å². The predicted molar refractivity (Wildman–Crippen MR) is 109 cm³/mol. The summed E-state index contributed by atoms with van der Waals surface area (Å²) in [7, 11) is -3.25. The van der Waals surface area contributed by atoms with Crippen LogP contribution in [0.15, 0.2) is 49.1 Å². The van der Waals surface area contributed by atoms with Gasteiger partial charge in [-0.15, -0.1) is 0 Å². The van der Waals surface area contributed by atoms with Gasteiger partial charge < -0.3 is 9.88 Å². The number of anilines is 1. The molecule has 0 saturated carbocycles. The smallest absolute Gasteiger partial charge is 0.220 e. The average Bonchev–Trinajstić information content (AvgIpc) is 3.12. The number of hydrogen-bond donors (Lipinski definition) is 1. The van der Waals surface area contributed by atoms with E-state index in [-0.39, 0.29) is 5.25 Å². The third-order valence-corrected chi connectivity index (χ3v) is 8.24. The van der Waals surface area contributed by atoms with Crippen molar-refractivity contribution in [3.63, 3.8) is 0 Å². The third kappa shape index (κ3) is 2.97. The molecule has 2 aliphatic heterocycles. The molecule has 5 heterocycles. The number of H-pyrrole nitrogens is 1. The lowest BCUT2D eigenvalue weighted by Gasteiger charge is -2.43. The Morgan fingerprint density at radius 3 is 2.61 bits per heavy atom. The van der Waals surface area contributed by atoms with Crippen LogP contribution in [0.2, 0.25) is 0 Å². The molecule has 7 nitrogen and oxygen atoms in total. The number of hydrogen-bond acceptors (Lipinski definition) is 5. The maximum Gasteiger partial charge on any atom is 0.220 e. The van der Waals surface area contributed by atoms with E-state index in [4.69, 9.17) is 0 Å². The second-order valence-corrected chi connectivity index (χ2v) is 9.81. The van der Waals surface area contributed by atoms with Crippen LogP contribution >= 0.6 is 0 Å². The van der Waals surface area contributed by atoms with Crippen LogP contribution in [0.25, 0.3) is 11.0 Å². The van der Waals surface area contributed by atoms with Crippen molar-refractivity contribution in [1.82, 2.24) is 19.3 Å². The number of sulfonamides is 1. The molecule has 2 fully saturated rings.